The van der Waals surface area contributed by atoms with Crippen molar-refractivity contribution < 1.29 is 5.11 Å². The lowest BCUT2D eigenvalue weighted by atomic mass is 10.4. The van der Waals surface area contributed by atoms with Gasteiger partial charge in [-0.05, 0) is 12.5 Å². The predicted molar refractivity (Wildman–Crippen MR) is 26.9 cm³/mol. The standard InChI is InChI=1S/C5H5N2O/c1-4-2-5(8)7-6-3-4/h2-3H,1H3. The molecule has 0 aliphatic carbocycles. The Labute approximate surface area is 47.0 Å². The van der Waals surface area contributed by atoms with Crippen molar-refractivity contribution in [3.05, 3.63) is 17.8 Å². The largest absolute Gasteiger partial charge is 0.288 e. The van der Waals surface area contributed by atoms with Crippen molar-refractivity contribution in [1.29, 1.82) is 0 Å². The molecule has 0 aromatic carbocycles. The van der Waals surface area contributed by atoms with Gasteiger partial charge >= 0.3 is 0 Å². The van der Waals surface area contributed by atoms with Gasteiger partial charge in [0.2, 0.25) is 0 Å². The Balaban J connectivity index is 3.08. The van der Waals surface area contributed by atoms with Crippen LogP contribution in [0.3, 0.4) is 0 Å². The van der Waals surface area contributed by atoms with Crippen molar-refractivity contribution in [3.63, 3.8) is 0 Å². The quantitative estimate of drug-likeness (QED) is 0.497. The number of rotatable bonds is 0. The van der Waals surface area contributed by atoms with Crippen LogP contribution in [0.4, 0.5) is 0 Å². The highest BCUT2D eigenvalue weighted by Gasteiger charge is 1.89. The molecule has 0 unspecified atom stereocenters. The normalized spacial score (nSPS) is 9.12. The lowest BCUT2D eigenvalue weighted by Crippen LogP contribution is -1.79. The zero-order valence-corrected chi connectivity index (χ0v) is 4.46. The average molecular weight is 109 g/mol. The van der Waals surface area contributed by atoms with E-state index in [0.717, 1.165) is 5.56 Å². The lowest BCUT2D eigenvalue weighted by molar-refractivity contribution is 0.331. The van der Waals surface area contributed by atoms with E-state index in [1.165, 1.54) is 6.07 Å². The van der Waals surface area contributed by atoms with Gasteiger partial charge in [-0.3, -0.25) is 5.11 Å². The van der Waals surface area contributed by atoms with Crippen molar-refractivity contribution in [3.8, 4) is 5.88 Å². The van der Waals surface area contributed by atoms with Gasteiger partial charge in [0, 0.05) is 6.07 Å². The summed E-state index contributed by atoms with van der Waals surface area (Å²) in [5.41, 5.74) is 0.852. The number of aromatic nitrogens is 2. The molecule has 3 heteroatoms. The highest BCUT2D eigenvalue weighted by atomic mass is 16.3. The van der Waals surface area contributed by atoms with Crippen LogP contribution in [0, 0.1) is 6.92 Å². The molecule has 0 aliphatic heterocycles. The van der Waals surface area contributed by atoms with Gasteiger partial charge in [-0.2, -0.15) is 5.10 Å². The second-order valence-corrected chi connectivity index (χ2v) is 1.57. The molecule has 0 amide bonds. The zero-order chi connectivity index (χ0) is 5.98. The Kier molecular flexibility index (Phi) is 1.12. The number of nitrogens with zero attached hydrogens (tertiary/aromatic N) is 2. The second-order valence-electron chi connectivity index (χ2n) is 1.57. The molecule has 1 aromatic rings. The summed E-state index contributed by atoms with van der Waals surface area (Å²) in [4.78, 5) is 0. The van der Waals surface area contributed by atoms with E-state index in [4.69, 9.17) is 0 Å². The minimum Gasteiger partial charge on any atom is -0.266 e. The third kappa shape index (κ3) is 0.932. The fourth-order valence-electron chi connectivity index (χ4n) is 0.438. The molecule has 0 saturated heterocycles. The summed E-state index contributed by atoms with van der Waals surface area (Å²) in [7, 11) is 0. The first-order valence-corrected chi connectivity index (χ1v) is 2.25. The van der Waals surface area contributed by atoms with Crippen LogP contribution < -0.4 is 0 Å². The molecule has 1 aromatic heterocycles. The van der Waals surface area contributed by atoms with Crippen LogP contribution >= 0.6 is 0 Å². The molecule has 0 aliphatic rings. The van der Waals surface area contributed by atoms with Gasteiger partial charge in [0.05, 0.1) is 6.20 Å². The molecule has 0 spiro atoms. The molecule has 3 nitrogen and oxygen atoms in total. The number of aryl methyl sites for hydroxylation is 1. The summed E-state index contributed by atoms with van der Waals surface area (Å²) >= 11 is 0. The molecular weight excluding hydrogens is 104 g/mol. The molecule has 0 saturated carbocycles. The Bertz CT molecular complexity index is 170. The maximum absolute atomic E-state index is 10.3. The third-order valence-electron chi connectivity index (χ3n) is 0.769. The molecule has 41 valence electrons. The van der Waals surface area contributed by atoms with Crippen LogP contribution in [0.2, 0.25) is 0 Å². The van der Waals surface area contributed by atoms with Gasteiger partial charge in [0.25, 0.3) is 5.88 Å². The third-order valence-corrected chi connectivity index (χ3v) is 0.769. The summed E-state index contributed by atoms with van der Waals surface area (Å²) < 4.78 is 0. The topological polar surface area (TPSA) is 45.7 Å². The molecule has 0 fully saturated rings. The van der Waals surface area contributed by atoms with Crippen LogP contribution in [-0.2, 0) is 5.11 Å². The molecule has 0 atom stereocenters. The van der Waals surface area contributed by atoms with E-state index in [9.17, 15) is 5.11 Å². The summed E-state index contributed by atoms with van der Waals surface area (Å²) in [6.45, 7) is 1.80. The van der Waals surface area contributed by atoms with Crippen molar-refractivity contribution >= 4 is 0 Å². The van der Waals surface area contributed by atoms with E-state index in [2.05, 4.69) is 10.2 Å². The second kappa shape index (κ2) is 1.78. The van der Waals surface area contributed by atoms with Crippen molar-refractivity contribution in [1.82, 2.24) is 10.2 Å². The highest BCUT2D eigenvalue weighted by Crippen LogP contribution is 2.02. The first kappa shape index (κ1) is 5.03. The van der Waals surface area contributed by atoms with Crippen LogP contribution in [0.15, 0.2) is 12.3 Å². The Morgan fingerprint density at radius 3 is 2.75 bits per heavy atom. The van der Waals surface area contributed by atoms with Crippen LogP contribution in [0.25, 0.3) is 0 Å². The lowest BCUT2D eigenvalue weighted by Gasteiger charge is -1.84. The molecular formula is C5H5N2O. The first-order chi connectivity index (χ1) is 3.79. The maximum atomic E-state index is 10.3. The fraction of sp³-hybridized carbons (Fsp3) is 0.200. The summed E-state index contributed by atoms with van der Waals surface area (Å²) in [6, 6.07) is 1.44. The van der Waals surface area contributed by atoms with Gasteiger partial charge in [-0.1, -0.05) is 0 Å². The molecule has 1 rings (SSSR count). The van der Waals surface area contributed by atoms with Gasteiger partial charge < -0.3 is 0 Å². The van der Waals surface area contributed by atoms with Crippen molar-refractivity contribution in [2.75, 3.05) is 0 Å². The summed E-state index contributed by atoms with van der Waals surface area (Å²) in [6.07, 6.45) is 1.54. The SMILES string of the molecule is Cc1cnnc([O])c1. The summed E-state index contributed by atoms with van der Waals surface area (Å²) in [5.74, 6) is -0.273. The van der Waals surface area contributed by atoms with E-state index < -0.39 is 0 Å². The van der Waals surface area contributed by atoms with E-state index in [0.29, 0.717) is 0 Å². The minimum absolute atomic E-state index is 0.273. The van der Waals surface area contributed by atoms with Gasteiger partial charge in [0.1, 0.15) is 0 Å². The molecule has 0 bridgehead atoms. The van der Waals surface area contributed by atoms with Crippen LogP contribution in [-0.4, -0.2) is 10.2 Å². The Hall–Kier alpha value is -1.12. The predicted octanol–water partition coefficient (Wildman–Crippen LogP) is 0.929. The van der Waals surface area contributed by atoms with Gasteiger partial charge in [0.15, 0.2) is 0 Å². The minimum atomic E-state index is -0.273. The van der Waals surface area contributed by atoms with Crippen molar-refractivity contribution in [2.24, 2.45) is 0 Å². The fourth-order valence-corrected chi connectivity index (χ4v) is 0.438. The monoisotopic (exact) mass is 109 g/mol. The molecule has 1 heterocycles. The smallest absolute Gasteiger partial charge is 0.266 e. The van der Waals surface area contributed by atoms with E-state index in [1.54, 1.807) is 13.1 Å². The average Bonchev–Trinajstić information content (AvgIpc) is 1.64. The van der Waals surface area contributed by atoms with Gasteiger partial charge in [-0.15, -0.1) is 5.10 Å². The molecule has 1 radical (unpaired) electrons. The maximum Gasteiger partial charge on any atom is 0.288 e. The first-order valence-electron chi connectivity index (χ1n) is 2.25. The molecule has 0 N–H and O–H groups in total. The number of hydrogen-bond acceptors (Lipinski definition) is 2. The van der Waals surface area contributed by atoms with Gasteiger partial charge in [-0.25, -0.2) is 0 Å². The van der Waals surface area contributed by atoms with E-state index >= 15 is 0 Å². The van der Waals surface area contributed by atoms with Crippen LogP contribution in [0.1, 0.15) is 5.56 Å². The zero-order valence-electron chi connectivity index (χ0n) is 4.46. The highest BCUT2D eigenvalue weighted by molar-refractivity contribution is 5.12. The Morgan fingerprint density at radius 2 is 2.38 bits per heavy atom. The van der Waals surface area contributed by atoms with E-state index in [1.807, 2.05) is 0 Å². The van der Waals surface area contributed by atoms with Crippen LogP contribution in [0.5, 0.6) is 5.88 Å². The Morgan fingerprint density at radius 1 is 1.62 bits per heavy atom. The van der Waals surface area contributed by atoms with E-state index in [-0.39, 0.29) is 5.88 Å². The molecule has 8 heavy (non-hydrogen) atoms. The number of hydrogen-bond donors (Lipinski definition) is 0. The summed E-state index contributed by atoms with van der Waals surface area (Å²) in [5, 5.41) is 17.0. The van der Waals surface area contributed by atoms with Crippen molar-refractivity contribution in [2.45, 2.75) is 6.92 Å².